The van der Waals surface area contributed by atoms with Crippen molar-refractivity contribution in [2.24, 2.45) is 5.73 Å². The third-order valence-electron chi connectivity index (χ3n) is 4.75. The monoisotopic (exact) mass is 383 g/mol. The van der Waals surface area contributed by atoms with Crippen molar-refractivity contribution in [3.63, 3.8) is 0 Å². The summed E-state index contributed by atoms with van der Waals surface area (Å²) >= 11 is 0. The maximum Gasteiger partial charge on any atom is 0.338 e. The van der Waals surface area contributed by atoms with Crippen molar-refractivity contribution in [1.29, 1.82) is 0 Å². The van der Waals surface area contributed by atoms with Crippen LogP contribution >= 0.6 is 0 Å². The van der Waals surface area contributed by atoms with Gasteiger partial charge in [0.05, 0.1) is 17.2 Å². The standard InChI is InChI=1S/C22H25NO5/c1-14-3-7-16(8-4-14)21(24)26-13-20-19(11-18(12-23)27-20)28-22(25)17-9-5-15(2)6-10-17/h3-10,18-20H,11-13,23H2,1-2H3/t18-,19+,20-/m1/s1. The van der Waals surface area contributed by atoms with Gasteiger partial charge < -0.3 is 19.9 Å². The highest BCUT2D eigenvalue weighted by Gasteiger charge is 2.38. The molecule has 0 amide bonds. The first kappa shape index (κ1) is 20.0. The molecular weight excluding hydrogens is 358 g/mol. The fraction of sp³-hybridized carbons (Fsp3) is 0.364. The minimum Gasteiger partial charge on any atom is -0.459 e. The SMILES string of the molecule is Cc1ccc(C(=O)OC[C@H]2O[C@@H](CN)C[C@@H]2OC(=O)c2ccc(C)cc2)cc1. The molecule has 0 radical (unpaired) electrons. The van der Waals surface area contributed by atoms with Gasteiger partial charge in [0.2, 0.25) is 0 Å². The van der Waals surface area contributed by atoms with Crippen LogP contribution in [0.1, 0.15) is 38.3 Å². The molecule has 0 spiro atoms. The smallest absolute Gasteiger partial charge is 0.338 e. The molecule has 6 nitrogen and oxygen atoms in total. The Bertz CT molecular complexity index is 816. The summed E-state index contributed by atoms with van der Waals surface area (Å²) < 4.78 is 16.8. The van der Waals surface area contributed by atoms with Gasteiger partial charge in [0.25, 0.3) is 0 Å². The molecule has 2 N–H and O–H groups in total. The van der Waals surface area contributed by atoms with E-state index in [2.05, 4.69) is 0 Å². The summed E-state index contributed by atoms with van der Waals surface area (Å²) in [7, 11) is 0. The maximum absolute atomic E-state index is 12.4. The molecule has 1 saturated heterocycles. The maximum atomic E-state index is 12.4. The van der Waals surface area contributed by atoms with Gasteiger partial charge in [-0.05, 0) is 38.1 Å². The highest BCUT2D eigenvalue weighted by atomic mass is 16.6. The normalized spacial score (nSPS) is 21.3. The first-order valence-electron chi connectivity index (χ1n) is 9.33. The number of hydrogen-bond acceptors (Lipinski definition) is 6. The lowest BCUT2D eigenvalue weighted by Crippen LogP contribution is -2.32. The zero-order valence-corrected chi connectivity index (χ0v) is 16.1. The molecule has 28 heavy (non-hydrogen) atoms. The zero-order valence-electron chi connectivity index (χ0n) is 16.1. The van der Waals surface area contributed by atoms with Gasteiger partial charge in [0.1, 0.15) is 18.8 Å². The molecule has 6 heteroatoms. The van der Waals surface area contributed by atoms with E-state index < -0.39 is 24.1 Å². The predicted molar refractivity (Wildman–Crippen MR) is 104 cm³/mol. The Hall–Kier alpha value is -2.70. The van der Waals surface area contributed by atoms with E-state index >= 15 is 0 Å². The number of benzene rings is 2. The second kappa shape index (κ2) is 8.99. The number of rotatable bonds is 6. The topological polar surface area (TPSA) is 87.8 Å². The Balaban J connectivity index is 1.61. The van der Waals surface area contributed by atoms with Crippen LogP contribution < -0.4 is 5.73 Å². The van der Waals surface area contributed by atoms with E-state index in [-0.39, 0.29) is 12.7 Å². The lowest BCUT2D eigenvalue weighted by Gasteiger charge is -2.19. The number of nitrogens with two attached hydrogens (primary N) is 1. The number of esters is 2. The van der Waals surface area contributed by atoms with Crippen LogP contribution in [0.2, 0.25) is 0 Å². The van der Waals surface area contributed by atoms with Crippen LogP contribution in [0.25, 0.3) is 0 Å². The summed E-state index contributed by atoms with van der Waals surface area (Å²) in [4.78, 5) is 24.7. The Kier molecular flexibility index (Phi) is 6.44. The average Bonchev–Trinajstić information content (AvgIpc) is 3.09. The molecule has 0 aliphatic carbocycles. The Labute approximate surface area is 164 Å². The van der Waals surface area contributed by atoms with Crippen LogP contribution in [0, 0.1) is 13.8 Å². The lowest BCUT2D eigenvalue weighted by atomic mass is 10.1. The largest absolute Gasteiger partial charge is 0.459 e. The molecule has 3 rings (SSSR count). The van der Waals surface area contributed by atoms with Gasteiger partial charge in [-0.15, -0.1) is 0 Å². The third-order valence-corrected chi connectivity index (χ3v) is 4.75. The van der Waals surface area contributed by atoms with Crippen molar-refractivity contribution in [2.45, 2.75) is 38.6 Å². The van der Waals surface area contributed by atoms with E-state index in [1.165, 1.54) is 0 Å². The van der Waals surface area contributed by atoms with Crippen molar-refractivity contribution < 1.29 is 23.8 Å². The van der Waals surface area contributed by atoms with E-state index in [4.69, 9.17) is 19.9 Å². The quantitative estimate of drug-likeness (QED) is 0.772. The van der Waals surface area contributed by atoms with E-state index in [1.54, 1.807) is 24.3 Å². The van der Waals surface area contributed by atoms with Gasteiger partial charge >= 0.3 is 11.9 Å². The number of carbonyl (C=O) groups is 2. The van der Waals surface area contributed by atoms with Crippen molar-refractivity contribution in [3.8, 4) is 0 Å². The zero-order chi connectivity index (χ0) is 20.1. The number of ether oxygens (including phenoxy) is 3. The second-order valence-electron chi connectivity index (χ2n) is 7.04. The average molecular weight is 383 g/mol. The molecule has 1 fully saturated rings. The van der Waals surface area contributed by atoms with Crippen LogP contribution in [-0.4, -0.2) is 43.4 Å². The molecule has 148 valence electrons. The van der Waals surface area contributed by atoms with Crippen LogP contribution in [0.15, 0.2) is 48.5 Å². The van der Waals surface area contributed by atoms with Gasteiger partial charge in [-0.3, -0.25) is 0 Å². The highest BCUT2D eigenvalue weighted by Crippen LogP contribution is 2.24. The molecule has 2 aromatic rings. The summed E-state index contributed by atoms with van der Waals surface area (Å²) in [5.74, 6) is -0.871. The minimum atomic E-state index is -0.544. The van der Waals surface area contributed by atoms with Gasteiger partial charge in [0.15, 0.2) is 0 Å². The molecule has 0 bridgehead atoms. The molecule has 0 unspecified atom stereocenters. The van der Waals surface area contributed by atoms with Crippen molar-refractivity contribution >= 4 is 11.9 Å². The molecular formula is C22H25NO5. The molecule has 1 aliphatic rings. The Morgan fingerprint density at radius 1 is 0.964 bits per heavy atom. The fourth-order valence-electron chi connectivity index (χ4n) is 3.05. The number of carbonyl (C=O) groups excluding carboxylic acids is 2. The van der Waals surface area contributed by atoms with Gasteiger partial charge in [-0.2, -0.15) is 0 Å². The van der Waals surface area contributed by atoms with Crippen LogP contribution in [-0.2, 0) is 14.2 Å². The molecule has 1 aliphatic heterocycles. The Morgan fingerprint density at radius 2 is 1.50 bits per heavy atom. The number of hydrogen-bond donors (Lipinski definition) is 1. The summed E-state index contributed by atoms with van der Waals surface area (Å²) in [5, 5.41) is 0. The van der Waals surface area contributed by atoms with Crippen LogP contribution in [0.3, 0.4) is 0 Å². The van der Waals surface area contributed by atoms with Crippen molar-refractivity contribution in [1.82, 2.24) is 0 Å². The summed E-state index contributed by atoms with van der Waals surface area (Å²) in [6, 6.07) is 14.3. The first-order valence-corrected chi connectivity index (χ1v) is 9.33. The van der Waals surface area contributed by atoms with Crippen molar-refractivity contribution in [3.05, 3.63) is 70.8 Å². The van der Waals surface area contributed by atoms with E-state index in [1.807, 2.05) is 38.1 Å². The number of aryl methyl sites for hydroxylation is 2. The van der Waals surface area contributed by atoms with Crippen molar-refractivity contribution in [2.75, 3.05) is 13.2 Å². The molecule has 0 saturated carbocycles. The van der Waals surface area contributed by atoms with E-state index in [0.717, 1.165) is 11.1 Å². The van der Waals surface area contributed by atoms with E-state index in [0.29, 0.717) is 24.1 Å². The third kappa shape index (κ3) is 4.97. The fourth-order valence-corrected chi connectivity index (χ4v) is 3.05. The van der Waals surface area contributed by atoms with Gasteiger partial charge in [-0.25, -0.2) is 9.59 Å². The first-order chi connectivity index (χ1) is 13.5. The molecule has 3 atom stereocenters. The lowest BCUT2D eigenvalue weighted by molar-refractivity contribution is -0.0407. The summed E-state index contributed by atoms with van der Waals surface area (Å²) in [5.41, 5.74) is 8.76. The minimum absolute atomic E-state index is 0.00491. The molecule has 2 aromatic carbocycles. The Morgan fingerprint density at radius 3 is 2.04 bits per heavy atom. The predicted octanol–water partition coefficient (Wildman–Crippen LogP) is 2.80. The van der Waals surface area contributed by atoms with Crippen LogP contribution in [0.4, 0.5) is 0 Å². The summed E-state index contributed by atoms with van der Waals surface area (Å²) in [6.45, 7) is 4.20. The van der Waals surface area contributed by atoms with E-state index in [9.17, 15) is 9.59 Å². The van der Waals surface area contributed by atoms with Crippen LogP contribution in [0.5, 0.6) is 0 Å². The summed E-state index contributed by atoms with van der Waals surface area (Å²) in [6.07, 6.45) is -0.828. The molecule has 1 heterocycles. The highest BCUT2D eigenvalue weighted by molar-refractivity contribution is 5.90. The molecule has 0 aromatic heterocycles. The van der Waals surface area contributed by atoms with Gasteiger partial charge in [0, 0.05) is 13.0 Å². The second-order valence-corrected chi connectivity index (χ2v) is 7.04. The van der Waals surface area contributed by atoms with Gasteiger partial charge in [-0.1, -0.05) is 35.4 Å².